The first-order chi connectivity index (χ1) is 11.8. The van der Waals surface area contributed by atoms with Crippen LogP contribution in [0.5, 0.6) is 0 Å². The van der Waals surface area contributed by atoms with Gasteiger partial charge in [0.2, 0.25) is 0 Å². The standard InChI is InChI=1S/C23H20N/c1-24(23-14-6-3-7-15-23)19-22(18-21-12-8-9-13-21)17-16-20-10-4-2-5-11-20/h2-15,18H,19H2,1H3/b22-18+. The Morgan fingerprint density at radius 2 is 1.54 bits per heavy atom. The molecule has 24 heavy (non-hydrogen) atoms. The van der Waals surface area contributed by atoms with Crippen molar-refractivity contribution < 1.29 is 0 Å². The van der Waals surface area contributed by atoms with Crippen LogP contribution in [0.2, 0.25) is 0 Å². The molecule has 0 bridgehead atoms. The van der Waals surface area contributed by atoms with Crippen LogP contribution < -0.4 is 4.90 Å². The van der Waals surface area contributed by atoms with E-state index >= 15 is 0 Å². The molecule has 1 nitrogen and oxygen atoms in total. The maximum Gasteiger partial charge on any atom is 0.0502 e. The van der Waals surface area contributed by atoms with Crippen LogP contribution in [0.1, 0.15) is 5.56 Å². The van der Waals surface area contributed by atoms with Crippen LogP contribution in [0.3, 0.4) is 0 Å². The molecule has 0 N–H and O–H groups in total. The Hall–Kier alpha value is -2.46. The zero-order chi connectivity index (χ0) is 16.6. The van der Waals surface area contributed by atoms with Gasteiger partial charge < -0.3 is 4.90 Å². The van der Waals surface area contributed by atoms with Gasteiger partial charge in [0.15, 0.2) is 0 Å². The van der Waals surface area contributed by atoms with Crippen LogP contribution in [0.25, 0.3) is 0 Å². The van der Waals surface area contributed by atoms with Crippen molar-refractivity contribution in [3.05, 3.63) is 109 Å². The summed E-state index contributed by atoms with van der Waals surface area (Å²) in [6.07, 6.45) is 10.5. The molecule has 1 aliphatic carbocycles. The Morgan fingerprint density at radius 3 is 2.21 bits per heavy atom. The summed E-state index contributed by atoms with van der Waals surface area (Å²) in [7, 11) is 2.10. The summed E-state index contributed by atoms with van der Waals surface area (Å²) in [4.78, 5) is 2.22. The van der Waals surface area contributed by atoms with E-state index in [2.05, 4.69) is 79.8 Å². The molecule has 0 amide bonds. The molecule has 1 fully saturated rings. The Balaban J connectivity index is 1.78. The largest absolute Gasteiger partial charge is 0.370 e. The van der Waals surface area contributed by atoms with E-state index in [1.807, 2.05) is 36.4 Å². The van der Waals surface area contributed by atoms with Crippen molar-refractivity contribution in [3.63, 3.8) is 0 Å². The number of benzene rings is 2. The van der Waals surface area contributed by atoms with Gasteiger partial charge >= 0.3 is 0 Å². The van der Waals surface area contributed by atoms with Crippen LogP contribution in [0.4, 0.5) is 5.69 Å². The summed E-state index contributed by atoms with van der Waals surface area (Å²) in [5, 5.41) is 0. The first-order valence-electron chi connectivity index (χ1n) is 8.07. The van der Waals surface area contributed by atoms with Gasteiger partial charge in [0.25, 0.3) is 0 Å². The van der Waals surface area contributed by atoms with Crippen molar-refractivity contribution in [2.75, 3.05) is 18.5 Å². The summed E-state index contributed by atoms with van der Waals surface area (Å²) in [5.41, 5.74) is 3.32. The number of rotatable bonds is 4. The fraction of sp³-hybridized carbons (Fsp3) is 0.0870. The zero-order valence-corrected chi connectivity index (χ0v) is 13.8. The van der Waals surface area contributed by atoms with Crippen LogP contribution in [0, 0.1) is 43.4 Å². The first kappa shape index (κ1) is 16.4. The number of nitrogens with zero attached hydrogens (tertiary/aromatic N) is 1. The molecule has 2 aromatic rings. The lowest BCUT2D eigenvalue weighted by Crippen LogP contribution is -2.20. The third-order valence-electron chi connectivity index (χ3n) is 3.78. The highest BCUT2D eigenvalue weighted by Crippen LogP contribution is 2.25. The summed E-state index contributed by atoms with van der Waals surface area (Å²) in [5.74, 6) is 7.80. The molecule has 5 radical (unpaired) electrons. The fourth-order valence-corrected chi connectivity index (χ4v) is 2.51. The maximum absolute atomic E-state index is 3.34. The minimum absolute atomic E-state index is 0.773. The first-order valence-corrected chi connectivity index (χ1v) is 8.07. The van der Waals surface area contributed by atoms with Crippen LogP contribution >= 0.6 is 0 Å². The molecule has 2 aromatic carbocycles. The minimum Gasteiger partial charge on any atom is -0.370 e. The second-order valence-corrected chi connectivity index (χ2v) is 5.70. The van der Waals surface area contributed by atoms with E-state index in [4.69, 9.17) is 0 Å². The number of para-hydroxylation sites is 1. The second kappa shape index (κ2) is 8.41. The predicted octanol–water partition coefficient (Wildman–Crippen LogP) is 4.51. The van der Waals surface area contributed by atoms with Gasteiger partial charge in [0.1, 0.15) is 0 Å². The monoisotopic (exact) mass is 310 g/mol. The number of allylic oxidation sites excluding steroid dienone is 1. The third kappa shape index (κ3) is 4.77. The van der Waals surface area contributed by atoms with Gasteiger partial charge in [-0.1, -0.05) is 54.3 Å². The molecule has 0 aromatic heterocycles. The van der Waals surface area contributed by atoms with Crippen molar-refractivity contribution in [2.24, 2.45) is 0 Å². The van der Waals surface area contributed by atoms with Gasteiger partial charge in [0.05, 0.1) is 6.54 Å². The summed E-state index contributed by atoms with van der Waals surface area (Å²) < 4.78 is 0. The van der Waals surface area contributed by atoms with E-state index < -0.39 is 0 Å². The molecule has 1 aliphatic rings. The SMILES string of the molecule is CN(C/C(C#Cc1ccccc1)=C/[C]1[CH][CH][CH][CH]1)c1ccccc1. The Kier molecular flexibility index (Phi) is 5.75. The van der Waals surface area contributed by atoms with Crippen LogP contribution in [-0.2, 0) is 0 Å². The van der Waals surface area contributed by atoms with E-state index in [9.17, 15) is 0 Å². The van der Waals surface area contributed by atoms with Gasteiger partial charge in [-0.2, -0.15) is 0 Å². The second-order valence-electron chi connectivity index (χ2n) is 5.70. The highest BCUT2D eigenvalue weighted by Gasteiger charge is 2.15. The van der Waals surface area contributed by atoms with Gasteiger partial charge in [-0.05, 0) is 49.9 Å². The molecule has 117 valence electrons. The van der Waals surface area contributed by atoms with Gasteiger partial charge in [-0.25, -0.2) is 0 Å². The molecular weight excluding hydrogens is 290 g/mol. The molecule has 1 saturated carbocycles. The molecule has 1 heteroatoms. The number of anilines is 1. The molecule has 0 heterocycles. The predicted molar refractivity (Wildman–Crippen MR) is 102 cm³/mol. The molecule has 0 saturated heterocycles. The van der Waals surface area contributed by atoms with Crippen LogP contribution in [0.15, 0.2) is 72.3 Å². The van der Waals surface area contributed by atoms with Gasteiger partial charge in [-0.3, -0.25) is 0 Å². The molecular formula is C23H20N. The van der Waals surface area contributed by atoms with E-state index in [-0.39, 0.29) is 0 Å². The fourth-order valence-electron chi connectivity index (χ4n) is 2.51. The smallest absolute Gasteiger partial charge is 0.0502 e. The van der Waals surface area contributed by atoms with Crippen molar-refractivity contribution in [1.29, 1.82) is 0 Å². The molecule has 0 unspecified atom stereocenters. The lowest BCUT2D eigenvalue weighted by molar-refractivity contribution is 1.00. The highest BCUT2D eigenvalue weighted by molar-refractivity contribution is 5.53. The van der Waals surface area contributed by atoms with E-state index in [1.54, 1.807) is 0 Å². The number of hydrogen-bond acceptors (Lipinski definition) is 1. The molecule has 0 spiro atoms. The quantitative estimate of drug-likeness (QED) is 0.751. The van der Waals surface area contributed by atoms with Gasteiger partial charge in [0, 0.05) is 29.8 Å². The van der Waals surface area contributed by atoms with E-state index in [0.29, 0.717) is 0 Å². The summed E-state index contributed by atoms with van der Waals surface area (Å²) in [6, 6.07) is 20.5. The lowest BCUT2D eigenvalue weighted by Gasteiger charge is -2.19. The maximum atomic E-state index is 3.34. The van der Waals surface area contributed by atoms with E-state index in [1.165, 1.54) is 11.6 Å². The van der Waals surface area contributed by atoms with Crippen molar-refractivity contribution in [1.82, 2.24) is 0 Å². The third-order valence-corrected chi connectivity index (χ3v) is 3.78. The summed E-state index contributed by atoms with van der Waals surface area (Å²) >= 11 is 0. The lowest BCUT2D eigenvalue weighted by atomic mass is 10.0. The molecule has 3 rings (SSSR count). The highest BCUT2D eigenvalue weighted by atomic mass is 15.1. The molecule has 0 aliphatic heterocycles. The summed E-state index contributed by atoms with van der Waals surface area (Å²) in [6.45, 7) is 0.773. The van der Waals surface area contributed by atoms with Gasteiger partial charge in [-0.15, -0.1) is 0 Å². The Labute approximate surface area is 146 Å². The van der Waals surface area contributed by atoms with Crippen molar-refractivity contribution >= 4 is 5.69 Å². The van der Waals surface area contributed by atoms with Crippen LogP contribution in [-0.4, -0.2) is 13.6 Å². The van der Waals surface area contributed by atoms with Crippen molar-refractivity contribution in [2.45, 2.75) is 0 Å². The molecule has 0 atom stereocenters. The van der Waals surface area contributed by atoms with E-state index in [0.717, 1.165) is 17.7 Å². The topological polar surface area (TPSA) is 3.24 Å². The number of likely N-dealkylation sites (N-methyl/N-ethyl adjacent to an activating group) is 1. The minimum atomic E-state index is 0.773. The zero-order valence-electron chi connectivity index (χ0n) is 13.8. The average Bonchev–Trinajstić information content (AvgIpc) is 3.14. The normalized spacial score (nSPS) is 15.0. The Morgan fingerprint density at radius 1 is 0.917 bits per heavy atom. The van der Waals surface area contributed by atoms with Crippen molar-refractivity contribution in [3.8, 4) is 11.8 Å². The Bertz CT molecular complexity index is 713. The average molecular weight is 310 g/mol. The number of hydrogen-bond donors (Lipinski definition) is 0.